The summed E-state index contributed by atoms with van der Waals surface area (Å²) in [4.78, 5) is 2.62. The van der Waals surface area contributed by atoms with E-state index in [1.807, 2.05) is 7.11 Å². The molecule has 1 aliphatic carbocycles. The monoisotopic (exact) mass is 225 g/mol. The Morgan fingerprint density at radius 1 is 1.06 bits per heavy atom. The molecule has 0 radical (unpaired) electrons. The second-order valence-electron chi connectivity index (χ2n) is 5.70. The molecule has 0 aromatic heterocycles. The Kier molecular flexibility index (Phi) is 4.66. The number of hydrogen-bond donors (Lipinski definition) is 0. The number of hydrogen-bond acceptors (Lipinski definition) is 2. The second kappa shape index (κ2) is 6.02. The van der Waals surface area contributed by atoms with Crippen LogP contribution in [0.3, 0.4) is 0 Å². The first kappa shape index (κ1) is 12.4. The first-order chi connectivity index (χ1) is 7.81. The minimum absolute atomic E-state index is 0.506. The van der Waals surface area contributed by atoms with E-state index in [0.29, 0.717) is 6.10 Å². The zero-order chi connectivity index (χ0) is 11.4. The molecule has 94 valence electrons. The quantitative estimate of drug-likeness (QED) is 0.729. The van der Waals surface area contributed by atoms with Crippen molar-refractivity contribution in [3.05, 3.63) is 0 Å². The fraction of sp³-hybridized carbons (Fsp3) is 1.00. The van der Waals surface area contributed by atoms with Crippen LogP contribution in [0.25, 0.3) is 0 Å². The molecule has 0 bridgehead atoms. The molecule has 0 aromatic rings. The Labute approximate surface area is 100 Å². The average molecular weight is 225 g/mol. The molecule has 0 aromatic carbocycles. The van der Waals surface area contributed by atoms with Gasteiger partial charge in [-0.15, -0.1) is 0 Å². The lowest BCUT2D eigenvalue weighted by Gasteiger charge is -2.30. The molecular formula is C14H27NO. The minimum Gasteiger partial charge on any atom is -0.380 e. The van der Waals surface area contributed by atoms with Crippen LogP contribution in [-0.2, 0) is 4.74 Å². The lowest BCUT2D eigenvalue weighted by atomic mass is 9.81. The first-order valence-electron chi connectivity index (χ1n) is 7.07. The molecule has 1 unspecified atom stereocenters. The van der Waals surface area contributed by atoms with E-state index >= 15 is 0 Å². The lowest BCUT2D eigenvalue weighted by Crippen LogP contribution is -2.30. The van der Waals surface area contributed by atoms with Gasteiger partial charge in [-0.2, -0.15) is 0 Å². The van der Waals surface area contributed by atoms with Gasteiger partial charge in [0.25, 0.3) is 0 Å². The summed E-state index contributed by atoms with van der Waals surface area (Å²) in [6, 6.07) is 0. The van der Waals surface area contributed by atoms with E-state index in [4.69, 9.17) is 4.74 Å². The third kappa shape index (κ3) is 3.21. The van der Waals surface area contributed by atoms with Crippen LogP contribution in [0, 0.1) is 11.8 Å². The van der Waals surface area contributed by atoms with Crippen molar-refractivity contribution in [1.82, 2.24) is 4.90 Å². The number of nitrogens with zero attached hydrogens (tertiary/aromatic N) is 1. The molecule has 1 aliphatic heterocycles. The van der Waals surface area contributed by atoms with E-state index < -0.39 is 0 Å². The van der Waals surface area contributed by atoms with Crippen molar-refractivity contribution in [1.29, 1.82) is 0 Å². The molecule has 1 heterocycles. The van der Waals surface area contributed by atoms with Crippen LogP contribution in [0.1, 0.15) is 45.4 Å². The number of likely N-dealkylation sites (tertiary alicyclic amines) is 1. The zero-order valence-electron chi connectivity index (χ0n) is 11.0. The predicted octanol–water partition coefficient (Wildman–Crippen LogP) is 2.92. The van der Waals surface area contributed by atoms with E-state index in [1.165, 1.54) is 58.2 Å². The molecule has 2 fully saturated rings. The van der Waals surface area contributed by atoms with Gasteiger partial charge in [0.05, 0.1) is 6.10 Å². The summed E-state index contributed by atoms with van der Waals surface area (Å²) in [5.41, 5.74) is 0. The smallest absolute Gasteiger partial charge is 0.0710 e. The predicted molar refractivity (Wildman–Crippen MR) is 67.6 cm³/mol. The maximum Gasteiger partial charge on any atom is 0.0710 e. The summed E-state index contributed by atoms with van der Waals surface area (Å²) in [6.07, 6.45) is 9.01. The molecule has 2 nitrogen and oxygen atoms in total. The summed E-state index contributed by atoms with van der Waals surface area (Å²) in [5.74, 6) is 2.00. The molecule has 1 atom stereocenters. The summed E-state index contributed by atoms with van der Waals surface area (Å²) < 4.78 is 5.42. The van der Waals surface area contributed by atoms with E-state index in [2.05, 4.69) is 11.8 Å². The highest BCUT2D eigenvalue weighted by Crippen LogP contribution is 2.31. The van der Waals surface area contributed by atoms with Crippen molar-refractivity contribution >= 4 is 0 Å². The van der Waals surface area contributed by atoms with Gasteiger partial charge in [-0.3, -0.25) is 0 Å². The molecule has 2 rings (SSSR count). The van der Waals surface area contributed by atoms with Gasteiger partial charge in [0.2, 0.25) is 0 Å². The van der Waals surface area contributed by atoms with Crippen LogP contribution in [0.2, 0.25) is 0 Å². The standard InChI is InChI=1S/C14H27NO/c1-3-12-4-6-13(7-5-12)10-15-9-8-14(11-15)16-2/h12-14H,3-11H2,1-2H3. The topological polar surface area (TPSA) is 12.5 Å². The molecule has 1 saturated heterocycles. The van der Waals surface area contributed by atoms with Crippen molar-refractivity contribution in [2.75, 3.05) is 26.7 Å². The van der Waals surface area contributed by atoms with Crippen LogP contribution >= 0.6 is 0 Å². The highest BCUT2D eigenvalue weighted by atomic mass is 16.5. The molecule has 0 amide bonds. The van der Waals surface area contributed by atoms with Gasteiger partial charge in [0, 0.05) is 26.7 Å². The van der Waals surface area contributed by atoms with Gasteiger partial charge in [0.1, 0.15) is 0 Å². The third-order valence-electron chi connectivity index (χ3n) is 4.62. The maximum atomic E-state index is 5.42. The van der Waals surface area contributed by atoms with E-state index in [0.717, 1.165) is 11.8 Å². The second-order valence-corrected chi connectivity index (χ2v) is 5.70. The molecule has 2 heteroatoms. The summed E-state index contributed by atoms with van der Waals surface area (Å²) >= 11 is 0. The first-order valence-corrected chi connectivity index (χ1v) is 7.07. The Bertz CT molecular complexity index is 199. The molecule has 0 N–H and O–H groups in total. The van der Waals surface area contributed by atoms with Crippen molar-refractivity contribution in [3.8, 4) is 0 Å². The minimum atomic E-state index is 0.506. The Balaban J connectivity index is 1.67. The normalized spacial score (nSPS) is 36.8. The lowest BCUT2D eigenvalue weighted by molar-refractivity contribution is 0.103. The summed E-state index contributed by atoms with van der Waals surface area (Å²) in [7, 11) is 1.85. The van der Waals surface area contributed by atoms with Crippen molar-refractivity contribution in [2.45, 2.75) is 51.6 Å². The highest BCUT2D eigenvalue weighted by Gasteiger charge is 2.26. The van der Waals surface area contributed by atoms with Crippen molar-refractivity contribution < 1.29 is 4.74 Å². The number of ether oxygens (including phenoxy) is 1. The summed E-state index contributed by atoms with van der Waals surface area (Å²) in [6.45, 7) is 6.10. The Hall–Kier alpha value is -0.0800. The van der Waals surface area contributed by atoms with Gasteiger partial charge in [-0.25, -0.2) is 0 Å². The molecule has 0 spiro atoms. The van der Waals surface area contributed by atoms with Crippen LogP contribution < -0.4 is 0 Å². The molecule has 1 saturated carbocycles. The van der Waals surface area contributed by atoms with Crippen LogP contribution in [0.15, 0.2) is 0 Å². The van der Waals surface area contributed by atoms with Crippen LogP contribution in [0.4, 0.5) is 0 Å². The average Bonchev–Trinajstić information content (AvgIpc) is 2.78. The largest absolute Gasteiger partial charge is 0.380 e. The SMILES string of the molecule is CCC1CCC(CN2CCC(OC)C2)CC1. The van der Waals surface area contributed by atoms with E-state index in [-0.39, 0.29) is 0 Å². The van der Waals surface area contributed by atoms with Gasteiger partial charge in [-0.05, 0) is 31.1 Å². The van der Waals surface area contributed by atoms with Crippen LogP contribution in [-0.4, -0.2) is 37.7 Å². The molecule has 16 heavy (non-hydrogen) atoms. The molecular weight excluding hydrogens is 198 g/mol. The van der Waals surface area contributed by atoms with Gasteiger partial charge in [0.15, 0.2) is 0 Å². The zero-order valence-corrected chi connectivity index (χ0v) is 11.0. The van der Waals surface area contributed by atoms with E-state index in [1.54, 1.807) is 0 Å². The van der Waals surface area contributed by atoms with Gasteiger partial charge in [-0.1, -0.05) is 26.2 Å². The van der Waals surface area contributed by atoms with Crippen molar-refractivity contribution in [2.24, 2.45) is 11.8 Å². The molecule has 2 aliphatic rings. The van der Waals surface area contributed by atoms with Gasteiger partial charge >= 0.3 is 0 Å². The highest BCUT2D eigenvalue weighted by molar-refractivity contribution is 4.80. The Morgan fingerprint density at radius 3 is 2.31 bits per heavy atom. The Morgan fingerprint density at radius 2 is 1.75 bits per heavy atom. The fourth-order valence-electron chi connectivity index (χ4n) is 3.34. The van der Waals surface area contributed by atoms with Crippen molar-refractivity contribution in [3.63, 3.8) is 0 Å². The number of rotatable bonds is 4. The fourth-order valence-corrected chi connectivity index (χ4v) is 3.34. The summed E-state index contributed by atoms with van der Waals surface area (Å²) in [5, 5.41) is 0. The van der Waals surface area contributed by atoms with E-state index in [9.17, 15) is 0 Å². The maximum absolute atomic E-state index is 5.42. The third-order valence-corrected chi connectivity index (χ3v) is 4.62. The number of methoxy groups -OCH3 is 1. The van der Waals surface area contributed by atoms with Gasteiger partial charge < -0.3 is 9.64 Å². The van der Waals surface area contributed by atoms with Crippen LogP contribution in [0.5, 0.6) is 0 Å².